The van der Waals surface area contributed by atoms with Crippen molar-refractivity contribution in [1.82, 2.24) is 34.9 Å². The summed E-state index contributed by atoms with van der Waals surface area (Å²) in [5.41, 5.74) is 12.0. The van der Waals surface area contributed by atoms with Crippen molar-refractivity contribution in [3.63, 3.8) is 0 Å². The molecule has 0 unspecified atom stereocenters. The number of nitrogens with two attached hydrogens (primary N) is 1. The number of aryl methyl sites for hydroxylation is 1. The van der Waals surface area contributed by atoms with Gasteiger partial charge in [0.1, 0.15) is 23.5 Å². The molecule has 6 N–H and O–H groups in total. The van der Waals surface area contributed by atoms with Gasteiger partial charge in [0.15, 0.2) is 5.75 Å². The molecule has 3 aliphatic rings. The van der Waals surface area contributed by atoms with E-state index in [9.17, 15) is 43.2 Å². The molecular weight excluding hydrogens is 1110 g/mol. The summed E-state index contributed by atoms with van der Waals surface area (Å²) in [5, 5.41) is 10.1. The third kappa shape index (κ3) is 12.6. The maximum Gasteiger partial charge on any atom is 0.415 e. The molecule has 7 aromatic rings. The number of alkyl halides is 1. The number of anilines is 2. The average Bonchev–Trinajstić information content (AvgIpc) is 1.78. The molecule has 0 aliphatic carbocycles. The number of imide groups is 1. The fourth-order valence-electron chi connectivity index (χ4n) is 11.4. The summed E-state index contributed by atoms with van der Waals surface area (Å²) in [6.07, 6.45) is 3.21. The molecular formula is C62H65ClN10O10S. The van der Waals surface area contributed by atoms with E-state index in [1.165, 1.54) is 38.2 Å². The van der Waals surface area contributed by atoms with Crippen molar-refractivity contribution < 1.29 is 47.9 Å². The number of nitrogens with zero attached hydrogens (tertiary/aromatic N) is 5. The van der Waals surface area contributed by atoms with Crippen molar-refractivity contribution in [2.24, 2.45) is 11.7 Å². The fraction of sp³-hybridized carbons (Fsp3) is 0.339. The number of amides is 9. The van der Waals surface area contributed by atoms with E-state index < -0.39 is 60.2 Å². The normalized spacial score (nSPS) is 15.8. The molecule has 0 bridgehead atoms. The number of aromatic amines is 2. The van der Waals surface area contributed by atoms with Crippen LogP contribution in [0.4, 0.5) is 16.2 Å². The van der Waals surface area contributed by atoms with E-state index >= 15 is 0 Å². The molecule has 3 aromatic heterocycles. The summed E-state index contributed by atoms with van der Waals surface area (Å²) in [7, 11) is 0. The molecule has 0 saturated carbocycles. The predicted octanol–water partition coefficient (Wildman–Crippen LogP) is 7.99. The van der Waals surface area contributed by atoms with Crippen LogP contribution in [-0.4, -0.2) is 147 Å². The summed E-state index contributed by atoms with van der Waals surface area (Å²) >= 11 is 8.06. The number of primary amides is 1. The van der Waals surface area contributed by atoms with Gasteiger partial charge in [0.25, 0.3) is 23.6 Å². The van der Waals surface area contributed by atoms with Crippen LogP contribution in [0.1, 0.15) is 89.5 Å². The first-order valence-electron chi connectivity index (χ1n) is 28.1. The van der Waals surface area contributed by atoms with E-state index in [0.29, 0.717) is 52.9 Å². The van der Waals surface area contributed by atoms with Gasteiger partial charge in [0.2, 0.25) is 23.6 Å². The number of fused-ring (bicyclic) bond motifs is 5. The Morgan fingerprint density at radius 3 is 2.21 bits per heavy atom. The van der Waals surface area contributed by atoms with Crippen molar-refractivity contribution in [1.29, 1.82) is 0 Å². The van der Waals surface area contributed by atoms with Crippen LogP contribution in [0.15, 0.2) is 109 Å². The van der Waals surface area contributed by atoms with E-state index in [4.69, 9.17) is 22.1 Å². The number of rotatable bonds is 21. The lowest BCUT2D eigenvalue weighted by Gasteiger charge is -2.37. The number of aromatic nitrogens is 2. The first-order valence-corrected chi connectivity index (χ1v) is 29.5. The minimum atomic E-state index is -1.20. The number of hydrogen-bond donors (Lipinski definition) is 5. The molecule has 10 rings (SSSR count). The molecule has 3 atom stereocenters. The lowest BCUT2D eigenvalue weighted by Crippen LogP contribution is -2.59. The van der Waals surface area contributed by atoms with Crippen LogP contribution in [0.2, 0.25) is 0 Å². The first-order chi connectivity index (χ1) is 40.5. The maximum absolute atomic E-state index is 14.6. The number of hydrogen-bond acceptors (Lipinski definition) is 11. The smallest absolute Gasteiger partial charge is 0.409 e. The summed E-state index contributed by atoms with van der Waals surface area (Å²) in [6, 6.07) is 24.9. The van der Waals surface area contributed by atoms with Crippen LogP contribution >= 0.6 is 22.9 Å². The van der Waals surface area contributed by atoms with E-state index in [-0.39, 0.29) is 93.8 Å². The largest absolute Gasteiger partial charge is 0.415 e. The minimum absolute atomic E-state index is 0.0463. The Hall–Kier alpha value is -8.82. The first kappa shape index (κ1) is 58.4. The number of para-hydroxylation sites is 1. The topological polar surface area (TPSA) is 261 Å². The molecule has 1 fully saturated rings. The lowest BCUT2D eigenvalue weighted by atomic mass is 9.96. The van der Waals surface area contributed by atoms with Gasteiger partial charge >= 0.3 is 6.09 Å². The van der Waals surface area contributed by atoms with Gasteiger partial charge in [-0.2, -0.15) is 0 Å². The van der Waals surface area contributed by atoms with Crippen LogP contribution in [-0.2, 0) is 35.2 Å². The van der Waals surface area contributed by atoms with Gasteiger partial charge < -0.3 is 50.7 Å². The van der Waals surface area contributed by atoms with E-state index in [2.05, 4.69) is 20.6 Å². The van der Waals surface area contributed by atoms with E-state index in [1.807, 2.05) is 56.5 Å². The van der Waals surface area contributed by atoms with Gasteiger partial charge in [-0.15, -0.1) is 22.9 Å². The zero-order chi connectivity index (χ0) is 59.3. The van der Waals surface area contributed by atoms with Gasteiger partial charge in [-0.1, -0.05) is 68.8 Å². The molecule has 84 heavy (non-hydrogen) atoms. The number of carbonyl (C=O) groups is 9. The Kier molecular flexibility index (Phi) is 17.6. The Labute approximate surface area is 493 Å². The molecule has 0 radical (unpaired) electrons. The Balaban J connectivity index is 0.783. The minimum Gasteiger partial charge on any atom is -0.409 e. The summed E-state index contributed by atoms with van der Waals surface area (Å²) in [6.45, 7) is 6.26. The predicted molar refractivity (Wildman–Crippen MR) is 321 cm³/mol. The molecule has 22 heteroatoms. The fourth-order valence-corrected chi connectivity index (χ4v) is 12.7. The van der Waals surface area contributed by atoms with Gasteiger partial charge in [-0.3, -0.25) is 43.3 Å². The van der Waals surface area contributed by atoms with Crippen molar-refractivity contribution >= 4 is 120 Å². The molecule has 6 heterocycles. The number of unbranched alkanes of at least 4 members (excludes halogenated alkanes) is 2. The van der Waals surface area contributed by atoms with Crippen LogP contribution < -0.4 is 26.0 Å². The third-order valence-corrected chi connectivity index (χ3v) is 17.1. The van der Waals surface area contributed by atoms with Crippen molar-refractivity contribution in [2.75, 3.05) is 61.9 Å². The van der Waals surface area contributed by atoms with Crippen LogP contribution in [0.5, 0.6) is 5.75 Å². The highest BCUT2D eigenvalue weighted by atomic mass is 35.5. The molecule has 436 valence electrons. The van der Waals surface area contributed by atoms with Crippen LogP contribution in [0.25, 0.3) is 31.9 Å². The maximum atomic E-state index is 14.6. The Morgan fingerprint density at radius 2 is 1.50 bits per heavy atom. The monoisotopic (exact) mass is 1180 g/mol. The van der Waals surface area contributed by atoms with Gasteiger partial charge in [0.05, 0.1) is 16.9 Å². The van der Waals surface area contributed by atoms with Crippen LogP contribution in [0.3, 0.4) is 0 Å². The quantitative estimate of drug-likeness (QED) is 0.0263. The third-order valence-electron chi connectivity index (χ3n) is 15.7. The number of nitrogens with one attached hydrogen (secondary N) is 4. The summed E-state index contributed by atoms with van der Waals surface area (Å²) < 4.78 is 6.92. The van der Waals surface area contributed by atoms with Crippen molar-refractivity contribution in [3.05, 3.63) is 137 Å². The summed E-state index contributed by atoms with van der Waals surface area (Å²) in [4.78, 5) is 135. The highest BCUT2D eigenvalue weighted by Gasteiger charge is 2.40. The Morgan fingerprint density at radius 1 is 0.810 bits per heavy atom. The number of ether oxygens (including phenoxy) is 1. The second-order valence-corrected chi connectivity index (χ2v) is 23.1. The highest BCUT2D eigenvalue weighted by molar-refractivity contribution is 7.17. The van der Waals surface area contributed by atoms with Crippen molar-refractivity contribution in [3.8, 4) is 5.75 Å². The molecule has 20 nitrogen and oxygen atoms in total. The SMILES string of the molecule is Cc1csc2c(OC(=O)N3CCN(C(=O)CNC(=O)[C@H](CC(C)C)N(C(=O)CCCCCN4C(=O)C=CC4=O)[C@@H](Cc4ccccc4)C(N)=O)CC3)cc3c(c12)[C@H](CCl)CN3C(=O)c1cc2cc(NC(=O)c3cc4ccccc4[nH]3)ccc2[nH]1. The van der Waals surface area contributed by atoms with Gasteiger partial charge in [-0.05, 0) is 90.6 Å². The van der Waals surface area contributed by atoms with Gasteiger partial charge in [-0.25, -0.2) is 4.79 Å². The number of halogens is 1. The number of carbonyl (C=O) groups excluding carboxylic acids is 9. The number of thiophene rings is 1. The number of benzene rings is 4. The second-order valence-electron chi connectivity index (χ2n) is 21.9. The second kappa shape index (κ2) is 25.4. The Bertz CT molecular complexity index is 3700. The standard InChI is InChI=1S/C62H65ClN10O10S/c1-36(2)26-49(73(48(58(64)78)27-38-12-6-4-7-13-38)53(76)16-8-5-11-21-71-51(74)19-20-52(71)75)60(80)65-33-54(77)69-22-24-70(25-23-69)62(82)83-50-31-47-56(55-37(3)35-84-57(50)55)41(32-63)34-72(47)61(81)46-30-40-28-42(17-18-44(40)68-46)66-59(79)45-29-39-14-9-10-15-43(39)67-45/h4,6-7,9-10,12-15,17-20,28-31,35-36,41,48-49,67-68H,5,8,11,16,21-27,32-34H2,1-3H3,(H2,64,78)(H,65,80)(H,66,79)/t41-,48+,49+/m1/s1. The average molecular weight is 1180 g/mol. The van der Waals surface area contributed by atoms with Crippen molar-refractivity contribution in [2.45, 2.75) is 77.3 Å². The van der Waals surface area contributed by atoms with Crippen LogP contribution in [0, 0.1) is 12.8 Å². The van der Waals surface area contributed by atoms with E-state index in [1.54, 1.807) is 65.6 Å². The molecule has 3 aliphatic heterocycles. The summed E-state index contributed by atoms with van der Waals surface area (Å²) in [5.74, 6) is -3.59. The molecule has 0 spiro atoms. The highest BCUT2D eigenvalue weighted by Crippen LogP contribution is 2.49. The lowest BCUT2D eigenvalue weighted by molar-refractivity contribution is -0.148. The molecule has 9 amide bonds. The number of H-pyrrole nitrogens is 2. The molecule has 1 saturated heterocycles. The van der Waals surface area contributed by atoms with Gasteiger partial charge in [0, 0.05) is 115 Å². The zero-order valence-corrected chi connectivity index (χ0v) is 48.4. The number of piperazine rings is 1. The zero-order valence-electron chi connectivity index (χ0n) is 46.8. The molecule has 4 aromatic carbocycles. The van der Waals surface area contributed by atoms with E-state index in [0.717, 1.165) is 42.6 Å².